The Hall–Kier alpha value is -1.45. The van der Waals surface area contributed by atoms with Gasteiger partial charge < -0.3 is 9.72 Å². The van der Waals surface area contributed by atoms with E-state index in [2.05, 4.69) is 9.72 Å². The predicted octanol–water partition coefficient (Wildman–Crippen LogP) is 3.78. The Morgan fingerprint density at radius 1 is 1.24 bits per heavy atom. The summed E-state index contributed by atoms with van der Waals surface area (Å²) in [6.07, 6.45) is 0. The van der Waals surface area contributed by atoms with E-state index in [-0.39, 0.29) is 5.15 Å². The van der Waals surface area contributed by atoms with E-state index < -0.39 is 5.97 Å². The van der Waals surface area contributed by atoms with Crippen molar-refractivity contribution in [3.63, 3.8) is 0 Å². The van der Waals surface area contributed by atoms with Crippen LogP contribution in [-0.4, -0.2) is 18.1 Å². The van der Waals surface area contributed by atoms with E-state index in [1.807, 2.05) is 12.1 Å². The van der Waals surface area contributed by atoms with Gasteiger partial charge in [0.25, 0.3) is 0 Å². The molecule has 1 heterocycles. The molecule has 0 amide bonds. The fraction of sp³-hybridized carbons (Fsp3) is 0.0833. The number of carbonyl (C=O) groups is 1. The molecular weight excluding hydrogens is 261 g/mol. The van der Waals surface area contributed by atoms with E-state index in [1.54, 1.807) is 18.2 Å². The van der Waals surface area contributed by atoms with Gasteiger partial charge in [-0.2, -0.15) is 0 Å². The minimum Gasteiger partial charge on any atom is -0.465 e. The first-order valence-corrected chi connectivity index (χ1v) is 5.60. The monoisotopic (exact) mass is 269 g/mol. The van der Waals surface area contributed by atoms with E-state index in [4.69, 9.17) is 23.2 Å². The SMILES string of the molecule is COC(=O)c1cc(-c2ccc(Cl)cc2)[nH]c1Cl. The van der Waals surface area contributed by atoms with Gasteiger partial charge in [-0.1, -0.05) is 35.3 Å². The Bertz CT molecular complexity index is 546. The highest BCUT2D eigenvalue weighted by molar-refractivity contribution is 6.33. The molecule has 1 aromatic heterocycles. The zero-order chi connectivity index (χ0) is 12.4. The quantitative estimate of drug-likeness (QED) is 0.844. The van der Waals surface area contributed by atoms with Crippen LogP contribution in [-0.2, 0) is 4.74 Å². The van der Waals surface area contributed by atoms with Gasteiger partial charge in [0.1, 0.15) is 5.15 Å². The van der Waals surface area contributed by atoms with Crippen molar-refractivity contribution in [3.05, 3.63) is 46.1 Å². The highest BCUT2D eigenvalue weighted by Gasteiger charge is 2.15. The maximum absolute atomic E-state index is 11.4. The molecule has 0 atom stereocenters. The number of H-pyrrole nitrogens is 1. The second-order valence-corrected chi connectivity index (χ2v) is 4.22. The number of carbonyl (C=O) groups excluding carboxylic acids is 1. The number of nitrogens with one attached hydrogen (secondary N) is 1. The van der Waals surface area contributed by atoms with Crippen LogP contribution in [0.3, 0.4) is 0 Å². The lowest BCUT2D eigenvalue weighted by Crippen LogP contribution is -1.99. The standard InChI is InChI=1S/C12H9Cl2NO2/c1-17-12(16)9-6-10(15-11(9)14)7-2-4-8(13)5-3-7/h2-6,15H,1H3. The Morgan fingerprint density at radius 2 is 1.88 bits per heavy atom. The van der Waals surface area contributed by atoms with E-state index in [1.165, 1.54) is 7.11 Å². The van der Waals surface area contributed by atoms with Gasteiger partial charge in [0.05, 0.1) is 12.7 Å². The van der Waals surface area contributed by atoms with Crippen LogP contribution >= 0.6 is 23.2 Å². The summed E-state index contributed by atoms with van der Waals surface area (Å²) in [7, 11) is 1.31. The maximum Gasteiger partial charge on any atom is 0.341 e. The number of rotatable bonds is 2. The first-order valence-electron chi connectivity index (χ1n) is 4.84. The van der Waals surface area contributed by atoms with Gasteiger partial charge in [0.15, 0.2) is 0 Å². The zero-order valence-electron chi connectivity index (χ0n) is 8.96. The largest absolute Gasteiger partial charge is 0.465 e. The third-order valence-corrected chi connectivity index (χ3v) is 2.88. The topological polar surface area (TPSA) is 42.1 Å². The van der Waals surface area contributed by atoms with Crippen LogP contribution in [0.4, 0.5) is 0 Å². The number of aromatic nitrogens is 1. The molecule has 5 heteroatoms. The van der Waals surface area contributed by atoms with Gasteiger partial charge >= 0.3 is 5.97 Å². The first kappa shape index (κ1) is 12.0. The zero-order valence-corrected chi connectivity index (χ0v) is 10.5. The van der Waals surface area contributed by atoms with Crippen LogP contribution in [0.15, 0.2) is 30.3 Å². The summed E-state index contributed by atoms with van der Waals surface area (Å²) < 4.78 is 4.62. The summed E-state index contributed by atoms with van der Waals surface area (Å²) in [5.41, 5.74) is 1.96. The van der Waals surface area contributed by atoms with Crippen molar-refractivity contribution in [2.75, 3.05) is 7.11 Å². The molecule has 0 aliphatic carbocycles. The van der Waals surface area contributed by atoms with Gasteiger partial charge in [0, 0.05) is 10.7 Å². The lowest BCUT2D eigenvalue weighted by Gasteiger charge is -1.97. The third-order valence-electron chi connectivity index (χ3n) is 2.33. The van der Waals surface area contributed by atoms with Gasteiger partial charge in [-0.15, -0.1) is 0 Å². The molecule has 0 fully saturated rings. The highest BCUT2D eigenvalue weighted by atomic mass is 35.5. The van der Waals surface area contributed by atoms with Crippen molar-refractivity contribution in [2.24, 2.45) is 0 Å². The molecule has 0 spiro atoms. The van der Waals surface area contributed by atoms with Crippen LogP contribution in [0.2, 0.25) is 10.2 Å². The van der Waals surface area contributed by atoms with Gasteiger partial charge in [-0.3, -0.25) is 0 Å². The van der Waals surface area contributed by atoms with Gasteiger partial charge in [-0.05, 0) is 23.8 Å². The number of benzene rings is 1. The molecule has 17 heavy (non-hydrogen) atoms. The lowest BCUT2D eigenvalue weighted by molar-refractivity contribution is 0.0601. The molecule has 1 N–H and O–H groups in total. The van der Waals surface area contributed by atoms with Crippen molar-refractivity contribution in [3.8, 4) is 11.3 Å². The molecule has 88 valence electrons. The van der Waals surface area contributed by atoms with Crippen LogP contribution < -0.4 is 0 Å². The van der Waals surface area contributed by atoms with E-state index in [9.17, 15) is 4.79 Å². The van der Waals surface area contributed by atoms with Crippen molar-refractivity contribution in [2.45, 2.75) is 0 Å². The number of halogens is 2. The number of hydrogen-bond donors (Lipinski definition) is 1. The number of hydrogen-bond acceptors (Lipinski definition) is 2. The Kier molecular flexibility index (Phi) is 3.41. The van der Waals surface area contributed by atoms with Gasteiger partial charge in [-0.25, -0.2) is 4.79 Å². The summed E-state index contributed by atoms with van der Waals surface area (Å²) in [6, 6.07) is 8.86. The molecule has 2 rings (SSSR count). The summed E-state index contributed by atoms with van der Waals surface area (Å²) in [6.45, 7) is 0. The highest BCUT2D eigenvalue weighted by Crippen LogP contribution is 2.26. The van der Waals surface area contributed by atoms with Crippen molar-refractivity contribution >= 4 is 29.2 Å². The fourth-order valence-corrected chi connectivity index (χ4v) is 1.83. The van der Waals surface area contributed by atoms with Crippen LogP contribution in [0.25, 0.3) is 11.3 Å². The summed E-state index contributed by atoms with van der Waals surface area (Å²) >= 11 is 11.7. The van der Waals surface area contributed by atoms with E-state index in [0.717, 1.165) is 11.3 Å². The Morgan fingerprint density at radius 3 is 2.47 bits per heavy atom. The lowest BCUT2D eigenvalue weighted by atomic mass is 10.1. The molecule has 0 saturated carbocycles. The molecule has 0 radical (unpaired) electrons. The molecule has 1 aromatic carbocycles. The Labute approximate surface area is 108 Å². The third kappa shape index (κ3) is 2.46. The average Bonchev–Trinajstić information content (AvgIpc) is 2.71. The minimum absolute atomic E-state index is 0.266. The molecule has 0 unspecified atom stereocenters. The summed E-state index contributed by atoms with van der Waals surface area (Å²) in [5.74, 6) is -0.466. The number of aromatic amines is 1. The average molecular weight is 270 g/mol. The van der Waals surface area contributed by atoms with Crippen LogP contribution in [0, 0.1) is 0 Å². The minimum atomic E-state index is -0.466. The van der Waals surface area contributed by atoms with Crippen LogP contribution in [0.1, 0.15) is 10.4 Å². The van der Waals surface area contributed by atoms with Crippen LogP contribution in [0.5, 0.6) is 0 Å². The second kappa shape index (κ2) is 4.82. The van der Waals surface area contributed by atoms with E-state index in [0.29, 0.717) is 10.6 Å². The number of methoxy groups -OCH3 is 1. The predicted molar refractivity (Wildman–Crippen MR) is 67.6 cm³/mol. The molecule has 0 saturated heterocycles. The second-order valence-electron chi connectivity index (χ2n) is 3.41. The number of ether oxygens (including phenoxy) is 1. The molecule has 3 nitrogen and oxygen atoms in total. The van der Waals surface area contributed by atoms with Gasteiger partial charge in [0.2, 0.25) is 0 Å². The van der Waals surface area contributed by atoms with Crippen molar-refractivity contribution < 1.29 is 9.53 Å². The maximum atomic E-state index is 11.4. The van der Waals surface area contributed by atoms with Crippen molar-refractivity contribution in [1.82, 2.24) is 4.98 Å². The number of esters is 1. The molecule has 0 bridgehead atoms. The Balaban J connectivity index is 2.41. The molecular formula is C12H9Cl2NO2. The van der Waals surface area contributed by atoms with E-state index >= 15 is 0 Å². The molecule has 2 aromatic rings. The summed E-state index contributed by atoms with van der Waals surface area (Å²) in [5, 5.41) is 0.918. The molecule has 0 aliphatic rings. The fourth-order valence-electron chi connectivity index (χ4n) is 1.47. The normalized spacial score (nSPS) is 10.3. The molecule has 0 aliphatic heterocycles. The van der Waals surface area contributed by atoms with Crippen molar-refractivity contribution in [1.29, 1.82) is 0 Å². The summed E-state index contributed by atoms with van der Waals surface area (Å²) in [4.78, 5) is 14.3. The smallest absolute Gasteiger partial charge is 0.341 e. The first-order chi connectivity index (χ1) is 8.11.